The number of ether oxygens (including phenoxy) is 1. The van der Waals surface area contributed by atoms with Gasteiger partial charge in [-0.25, -0.2) is 4.98 Å². The van der Waals surface area contributed by atoms with Crippen LogP contribution in [0.3, 0.4) is 0 Å². The first-order valence-corrected chi connectivity index (χ1v) is 31.6. The van der Waals surface area contributed by atoms with Crippen LogP contribution in [0, 0.1) is 13.2 Å². The van der Waals surface area contributed by atoms with E-state index in [4.69, 9.17) is 24.8 Å². The molecule has 0 aliphatic carbocycles. The molecule has 0 fully saturated rings. The van der Waals surface area contributed by atoms with Crippen LogP contribution in [0.1, 0.15) is 122 Å². The third kappa shape index (κ3) is 10.8. The first kappa shape index (κ1) is 35.3. The first-order valence-electron chi connectivity index (χ1n) is 43.1. The molecular weight excluding hydrogens is 1120 g/mol. The van der Waals surface area contributed by atoms with Gasteiger partial charge in [-0.3, -0.25) is 13.7 Å². The molecule has 0 radical (unpaired) electrons. The minimum atomic E-state index is -6.29. The Hall–Kier alpha value is -10.1. The van der Waals surface area contributed by atoms with Crippen LogP contribution in [0.4, 0.5) is 0 Å². The summed E-state index contributed by atoms with van der Waals surface area (Å²) in [4.78, 5) is 4.75. The van der Waals surface area contributed by atoms with Crippen LogP contribution in [0.15, 0.2) is 279 Å². The van der Waals surface area contributed by atoms with E-state index >= 15 is 0 Å². The van der Waals surface area contributed by atoms with Crippen molar-refractivity contribution in [3.8, 4) is 62.1 Å². The highest BCUT2D eigenvalue weighted by atomic mass is 28.3. The summed E-state index contributed by atoms with van der Waals surface area (Å²) in [7, 11) is -6.29. The molecular formula is C85H76N4OSi. The van der Waals surface area contributed by atoms with Gasteiger partial charge in [-0.1, -0.05) is 280 Å². The summed E-state index contributed by atoms with van der Waals surface area (Å²) < 4.78 is 263. The van der Waals surface area contributed by atoms with Crippen molar-refractivity contribution < 1.29 is 46.3 Å². The van der Waals surface area contributed by atoms with E-state index in [1.165, 1.54) is 18.3 Å². The molecule has 3 aromatic heterocycles. The number of fused-ring (bicyclic) bond motifs is 4. The Labute approximate surface area is 575 Å². The maximum Gasteiger partial charge on any atom is 0.269 e. The highest BCUT2D eigenvalue weighted by Gasteiger charge is 2.41. The van der Waals surface area contributed by atoms with Gasteiger partial charge in [0.05, 0.1) is 66.3 Å². The SMILES string of the molecule is [2H]c1c([2H])c([2H])c(-c2cnc(-n3c4ccccc4c4ccc(Oc5cccc(-n6[c-][n+](-c7c(-c8c([2H])c([2H])c([2H])c([Si](c9c([2H])c([2H])c([2H])c([2H])c9[2H])(c9c([2H])c([2H])c([2H])c([2H])c9[2H])c9c([2H])c([2H])c([2H])c([2H])c9[2H])c8[2H])cccc7C(C)(C)C)c7ccc(-c8cc(C(C)(C)C)cc(C(C)(C)C)c8)cc76)c5)cc43)cc2C([2H])([2H])[2H])c([2H])c1[2H]. The molecule has 0 aliphatic rings. The summed E-state index contributed by atoms with van der Waals surface area (Å²) in [6.45, 7) is 15.6. The first-order chi connectivity index (χ1) is 55.1. The van der Waals surface area contributed by atoms with E-state index in [1.807, 2.05) is 75.4 Å². The lowest BCUT2D eigenvalue weighted by Gasteiger charge is -2.35. The smallest absolute Gasteiger partial charge is 0.269 e. The maximum absolute atomic E-state index is 11.0. The number of para-hydroxylation sites is 2. The van der Waals surface area contributed by atoms with Gasteiger partial charge in [0.25, 0.3) is 6.33 Å². The largest absolute Gasteiger partial charge is 0.458 e. The number of nitrogens with zero attached hydrogens (tertiary/aromatic N) is 4. The lowest BCUT2D eigenvalue weighted by molar-refractivity contribution is -0.572. The minimum absolute atomic E-state index is 0.0416. The van der Waals surface area contributed by atoms with E-state index in [9.17, 15) is 21.9 Å². The lowest BCUT2D eigenvalue weighted by atomic mass is 9.79. The van der Waals surface area contributed by atoms with Crippen LogP contribution in [-0.4, -0.2) is 22.2 Å². The average molecular weight is 1220 g/mol. The Bertz CT molecular complexity index is 6350. The summed E-state index contributed by atoms with van der Waals surface area (Å²) in [5.41, 5.74) is 4.07. The van der Waals surface area contributed by atoms with Gasteiger partial charge in [0, 0.05) is 32.7 Å². The number of hydrogen-bond donors (Lipinski definition) is 0. The molecule has 5 nitrogen and oxygen atoms in total. The van der Waals surface area contributed by atoms with E-state index in [1.54, 1.807) is 56.2 Å². The van der Waals surface area contributed by atoms with Crippen LogP contribution in [0.2, 0.25) is 0 Å². The maximum atomic E-state index is 11.0. The van der Waals surface area contributed by atoms with E-state index in [0.29, 0.717) is 44.8 Å². The molecule has 0 spiro atoms. The molecule has 446 valence electrons. The molecule has 14 rings (SSSR count). The van der Waals surface area contributed by atoms with Gasteiger partial charge in [0.2, 0.25) is 0 Å². The number of pyridine rings is 1. The monoisotopic (exact) mass is 1220 g/mol. The van der Waals surface area contributed by atoms with Crippen LogP contribution < -0.4 is 30.1 Å². The topological polar surface area (TPSA) is 35.9 Å². The normalized spacial score (nSPS) is 16.6. The standard InChI is InChI=1S/C85H76N4OSi/c1-58-48-81(86-56-75(58)59-28-15-11-16-29-59)89-77-43-24-23-40-73(77)74-46-45-67(55-79(74)89)90-66-32-26-31-65(54-66)87-57-88(78-47-44-60(52-80(78)87)62-49-63(83(2,3)4)53-64(50-62)84(5,6)7)82-72(41-27-42-76(82)85(8,9)10)61-30-25-39-71(51-61)91(68-33-17-12-18-34-68,69-35-19-13-20-36-69)70-37-21-14-22-38-70/h11-56H,1-10H3/i1D3,11D,12D,13D,14D,15D,16D,17D,18D,19D,20D,21D,22D,25D,28D,29D,30D,33D,34D,35D,36D,37D,38D,39D,51D. The van der Waals surface area contributed by atoms with Crippen LogP contribution in [0.5, 0.6) is 11.5 Å². The van der Waals surface area contributed by atoms with Gasteiger partial charge in [-0.15, -0.1) is 0 Å². The molecule has 0 atom stereocenters. The highest BCUT2D eigenvalue weighted by molar-refractivity contribution is 7.19. The fraction of sp³-hybridized carbons (Fsp3) is 0.153. The van der Waals surface area contributed by atoms with E-state index in [2.05, 4.69) is 66.1 Å². The van der Waals surface area contributed by atoms with Gasteiger partial charge in [0.15, 0.2) is 8.07 Å². The lowest BCUT2D eigenvalue weighted by Crippen LogP contribution is -2.74. The quantitative estimate of drug-likeness (QED) is 0.0529. The molecule has 11 aromatic carbocycles. The molecule has 0 bridgehead atoms. The van der Waals surface area contributed by atoms with Crippen LogP contribution in [0.25, 0.3) is 83.4 Å². The van der Waals surface area contributed by atoms with Gasteiger partial charge >= 0.3 is 0 Å². The zero-order valence-electron chi connectivity index (χ0n) is 78.4. The van der Waals surface area contributed by atoms with E-state index in [-0.39, 0.29) is 44.6 Å². The van der Waals surface area contributed by atoms with Crippen LogP contribution in [-0.2, 0) is 16.2 Å². The molecule has 6 heteroatoms. The number of imidazole rings is 1. The third-order valence-corrected chi connectivity index (χ3v) is 20.5. The van der Waals surface area contributed by atoms with Crippen molar-refractivity contribution in [2.75, 3.05) is 0 Å². The molecule has 3 heterocycles. The second-order valence-corrected chi connectivity index (χ2v) is 28.9. The molecule has 0 amide bonds. The second-order valence-electron chi connectivity index (χ2n) is 25.4. The van der Waals surface area contributed by atoms with Crippen molar-refractivity contribution in [2.45, 2.75) is 85.4 Å². The molecule has 0 N–H and O–H groups in total. The summed E-state index contributed by atoms with van der Waals surface area (Å²) in [5.74, 6) is 0.723. The number of benzene rings is 11. The van der Waals surface area contributed by atoms with Crippen molar-refractivity contribution in [3.05, 3.63) is 307 Å². The fourth-order valence-corrected chi connectivity index (χ4v) is 15.4. The zero-order valence-corrected chi connectivity index (χ0v) is 52.4. The highest BCUT2D eigenvalue weighted by Crippen LogP contribution is 2.40. The average Bonchev–Trinajstić information content (AvgIpc) is 0.876. The Kier molecular flexibility index (Phi) is 8.93. The summed E-state index contributed by atoms with van der Waals surface area (Å²) in [6, 6.07) is 15.0. The van der Waals surface area contributed by atoms with Crippen LogP contribution >= 0.6 is 0 Å². The molecule has 0 unspecified atom stereocenters. The van der Waals surface area contributed by atoms with Gasteiger partial charge in [-0.05, 0) is 142 Å². The van der Waals surface area contributed by atoms with E-state index in [0.717, 1.165) is 33.0 Å². The molecule has 0 aliphatic heterocycles. The Morgan fingerprint density at radius 2 is 1.08 bits per heavy atom. The summed E-state index contributed by atoms with van der Waals surface area (Å²) in [6.07, 6.45) is 4.84. The van der Waals surface area contributed by atoms with Crippen molar-refractivity contribution in [2.24, 2.45) is 0 Å². The fourth-order valence-electron chi connectivity index (χ4n) is 11.9. The van der Waals surface area contributed by atoms with E-state index < -0.39 is 192 Å². The predicted octanol–water partition coefficient (Wildman–Crippen LogP) is 18.6. The summed E-state index contributed by atoms with van der Waals surface area (Å²) >= 11 is 0. The number of aryl methyl sites for hydroxylation is 1. The van der Waals surface area contributed by atoms with Gasteiger partial charge < -0.3 is 4.74 Å². The Morgan fingerprint density at radius 1 is 0.473 bits per heavy atom. The van der Waals surface area contributed by atoms with Crippen molar-refractivity contribution >= 4 is 61.7 Å². The number of rotatable bonds is 12. The predicted molar refractivity (Wildman–Crippen MR) is 383 cm³/mol. The Balaban J connectivity index is 1.04. The second kappa shape index (κ2) is 23.0. The van der Waals surface area contributed by atoms with Crippen molar-refractivity contribution in [1.82, 2.24) is 14.1 Å². The minimum Gasteiger partial charge on any atom is -0.458 e. The number of hydrogen-bond acceptors (Lipinski definition) is 2. The van der Waals surface area contributed by atoms with Gasteiger partial charge in [-0.2, -0.15) is 0 Å². The molecule has 91 heavy (non-hydrogen) atoms. The Morgan fingerprint density at radius 3 is 1.73 bits per heavy atom. The van der Waals surface area contributed by atoms with Crippen molar-refractivity contribution in [1.29, 1.82) is 0 Å². The molecule has 14 aromatic rings. The third-order valence-electron chi connectivity index (χ3n) is 16.5. The molecule has 0 saturated carbocycles. The van der Waals surface area contributed by atoms with Crippen molar-refractivity contribution in [3.63, 3.8) is 0 Å². The summed E-state index contributed by atoms with van der Waals surface area (Å²) in [5, 5.41) is -2.38. The van der Waals surface area contributed by atoms with Gasteiger partial charge in [0.1, 0.15) is 17.3 Å². The zero-order chi connectivity index (χ0) is 86.2. The number of aromatic nitrogens is 4. The molecule has 0 saturated heterocycles.